The zero-order valence-electron chi connectivity index (χ0n) is 24.6. The van der Waals surface area contributed by atoms with Gasteiger partial charge in [0.2, 0.25) is 11.8 Å². The Hall–Kier alpha value is -2.57. The van der Waals surface area contributed by atoms with Crippen molar-refractivity contribution in [3.05, 3.63) is 35.4 Å². The van der Waals surface area contributed by atoms with E-state index < -0.39 is 23.8 Å². The molecule has 0 fully saturated rings. The van der Waals surface area contributed by atoms with Crippen LogP contribution in [-0.2, 0) is 14.3 Å². The van der Waals surface area contributed by atoms with Gasteiger partial charge in [-0.2, -0.15) is 0 Å². The number of hydrogen-bond acceptors (Lipinski definition) is 4. The van der Waals surface area contributed by atoms with E-state index in [2.05, 4.69) is 17.6 Å². The molecule has 0 aromatic heterocycles. The summed E-state index contributed by atoms with van der Waals surface area (Å²) < 4.78 is 5.45. The van der Waals surface area contributed by atoms with Gasteiger partial charge in [0.25, 0.3) is 0 Å². The summed E-state index contributed by atoms with van der Waals surface area (Å²) >= 11 is 0. The van der Waals surface area contributed by atoms with Crippen molar-refractivity contribution in [2.24, 2.45) is 5.92 Å². The van der Waals surface area contributed by atoms with E-state index in [0.717, 1.165) is 36.8 Å². The van der Waals surface area contributed by atoms with E-state index in [9.17, 15) is 14.4 Å². The van der Waals surface area contributed by atoms with E-state index in [-0.39, 0.29) is 23.8 Å². The molecule has 37 heavy (non-hydrogen) atoms. The molecule has 2 unspecified atom stereocenters. The molecule has 7 nitrogen and oxygen atoms in total. The number of amides is 3. The number of hydrogen-bond donors (Lipinski definition) is 2. The number of nitrogens with one attached hydrogen (secondary N) is 2. The Kier molecular flexibility index (Phi) is 13.7. The van der Waals surface area contributed by atoms with E-state index in [0.29, 0.717) is 6.54 Å². The molecule has 0 heterocycles. The lowest BCUT2D eigenvalue weighted by Gasteiger charge is -2.36. The van der Waals surface area contributed by atoms with Crippen molar-refractivity contribution in [1.82, 2.24) is 15.5 Å². The van der Waals surface area contributed by atoms with Gasteiger partial charge < -0.3 is 20.3 Å². The summed E-state index contributed by atoms with van der Waals surface area (Å²) in [6.45, 7) is 17.5. The normalized spacial score (nSPS) is 13.3. The van der Waals surface area contributed by atoms with Crippen LogP contribution >= 0.6 is 0 Å². The van der Waals surface area contributed by atoms with Gasteiger partial charge in [0.05, 0.1) is 0 Å². The van der Waals surface area contributed by atoms with Gasteiger partial charge in [-0.15, -0.1) is 0 Å². The molecule has 1 rings (SSSR count). The summed E-state index contributed by atoms with van der Waals surface area (Å²) in [5.41, 5.74) is 1.04. The first kappa shape index (κ1) is 32.5. The number of rotatable bonds is 14. The van der Waals surface area contributed by atoms with Gasteiger partial charge in [0.15, 0.2) is 0 Å². The highest BCUT2D eigenvalue weighted by molar-refractivity contribution is 5.92. The minimum Gasteiger partial charge on any atom is -0.444 e. The number of carbonyl (C=O) groups excluding carboxylic acids is 3. The minimum absolute atomic E-state index is 0.0780. The first-order valence-electron chi connectivity index (χ1n) is 13.9. The zero-order valence-corrected chi connectivity index (χ0v) is 24.6. The molecule has 210 valence electrons. The van der Waals surface area contributed by atoms with Crippen molar-refractivity contribution < 1.29 is 19.1 Å². The number of ether oxygens (including phenoxy) is 1. The Bertz CT molecular complexity index is 861. The molecule has 0 aliphatic heterocycles. The lowest BCUT2D eigenvalue weighted by atomic mass is 9.95. The van der Waals surface area contributed by atoms with E-state index in [4.69, 9.17) is 4.74 Å². The number of alkyl carbamates (subject to hydrolysis) is 1. The highest BCUT2D eigenvalue weighted by atomic mass is 16.6. The predicted molar refractivity (Wildman–Crippen MR) is 150 cm³/mol. The number of carbonyl (C=O) groups is 3. The molecule has 2 N–H and O–H groups in total. The topological polar surface area (TPSA) is 87.7 Å². The fourth-order valence-corrected chi connectivity index (χ4v) is 4.26. The summed E-state index contributed by atoms with van der Waals surface area (Å²) in [7, 11) is 0. The lowest BCUT2D eigenvalue weighted by Crippen LogP contribution is -2.55. The van der Waals surface area contributed by atoms with E-state index in [1.807, 2.05) is 58.9 Å². The maximum absolute atomic E-state index is 14.1. The molecule has 0 aliphatic carbocycles. The second-order valence-electron chi connectivity index (χ2n) is 11.6. The third-order valence-electron chi connectivity index (χ3n) is 6.11. The maximum Gasteiger partial charge on any atom is 0.408 e. The van der Waals surface area contributed by atoms with Gasteiger partial charge in [0, 0.05) is 12.6 Å². The third-order valence-corrected chi connectivity index (χ3v) is 6.11. The van der Waals surface area contributed by atoms with E-state index in [1.165, 1.54) is 12.8 Å². The van der Waals surface area contributed by atoms with Crippen molar-refractivity contribution in [1.29, 1.82) is 0 Å². The van der Waals surface area contributed by atoms with Gasteiger partial charge in [-0.1, -0.05) is 77.1 Å². The maximum atomic E-state index is 14.1. The van der Waals surface area contributed by atoms with Crippen LogP contribution in [0.2, 0.25) is 0 Å². The van der Waals surface area contributed by atoms with E-state index in [1.54, 1.807) is 25.7 Å². The highest BCUT2D eigenvalue weighted by Crippen LogP contribution is 2.27. The molecule has 1 aromatic rings. The van der Waals surface area contributed by atoms with Crippen LogP contribution in [0.25, 0.3) is 0 Å². The standard InChI is InChI=1S/C30H51N3O4/c1-10-11-12-13-14-17-20-33(28(35)25(21(2)3)32-29(36)37-30(7,8)9)26(27(34)31-22(4)5)24-19-16-15-18-23(24)6/h15-16,18-19,21-22,25-26H,10-14,17,20H2,1-9H3,(H,31,34)(H,32,36). The van der Waals surface area contributed by atoms with Crippen molar-refractivity contribution >= 4 is 17.9 Å². The van der Waals surface area contributed by atoms with Gasteiger partial charge >= 0.3 is 6.09 Å². The molecule has 0 spiro atoms. The second kappa shape index (κ2) is 15.6. The van der Waals surface area contributed by atoms with Crippen molar-refractivity contribution in [3.63, 3.8) is 0 Å². The van der Waals surface area contributed by atoms with Crippen LogP contribution in [0.15, 0.2) is 24.3 Å². The SMILES string of the molecule is CCCCCCCCN(C(=O)C(NC(=O)OC(C)(C)C)C(C)C)C(C(=O)NC(C)C)c1ccccc1C. The van der Waals surface area contributed by atoms with Crippen LogP contribution in [0.5, 0.6) is 0 Å². The summed E-state index contributed by atoms with van der Waals surface area (Å²) in [6, 6.07) is 5.98. The first-order valence-corrected chi connectivity index (χ1v) is 13.9. The lowest BCUT2D eigenvalue weighted by molar-refractivity contribution is -0.143. The highest BCUT2D eigenvalue weighted by Gasteiger charge is 2.37. The summed E-state index contributed by atoms with van der Waals surface area (Å²) in [4.78, 5) is 42.1. The minimum atomic E-state index is -0.826. The van der Waals surface area contributed by atoms with Crippen LogP contribution in [0, 0.1) is 12.8 Å². The van der Waals surface area contributed by atoms with Crippen molar-refractivity contribution in [2.45, 2.75) is 125 Å². The Labute approximate surface area is 225 Å². The Morgan fingerprint density at radius 3 is 2.05 bits per heavy atom. The number of unbranched alkanes of at least 4 members (excludes halogenated alkanes) is 5. The molecule has 0 saturated heterocycles. The van der Waals surface area contributed by atoms with Crippen molar-refractivity contribution in [2.75, 3.05) is 6.54 Å². The second-order valence-corrected chi connectivity index (χ2v) is 11.6. The number of nitrogens with zero attached hydrogens (tertiary/aromatic N) is 1. The molecule has 0 radical (unpaired) electrons. The summed E-state index contributed by atoms with van der Waals surface area (Å²) in [5, 5.41) is 5.81. The predicted octanol–water partition coefficient (Wildman–Crippen LogP) is 6.30. The van der Waals surface area contributed by atoms with Crippen LogP contribution in [0.1, 0.15) is 111 Å². The van der Waals surface area contributed by atoms with Gasteiger partial charge in [-0.3, -0.25) is 9.59 Å². The molecular weight excluding hydrogens is 466 g/mol. The van der Waals surface area contributed by atoms with Crippen LogP contribution in [0.3, 0.4) is 0 Å². The third kappa shape index (κ3) is 11.6. The van der Waals surface area contributed by atoms with Crippen LogP contribution < -0.4 is 10.6 Å². The Morgan fingerprint density at radius 2 is 1.51 bits per heavy atom. The van der Waals surface area contributed by atoms with Gasteiger partial charge in [-0.05, 0) is 65.0 Å². The molecule has 3 amide bonds. The monoisotopic (exact) mass is 517 g/mol. The molecule has 2 atom stereocenters. The Morgan fingerprint density at radius 1 is 0.919 bits per heavy atom. The molecule has 0 aliphatic rings. The quantitative estimate of drug-likeness (QED) is 0.284. The molecule has 1 aromatic carbocycles. The summed E-state index contributed by atoms with van der Waals surface area (Å²) in [6.07, 6.45) is 5.73. The van der Waals surface area contributed by atoms with Gasteiger partial charge in [-0.25, -0.2) is 4.79 Å². The average Bonchev–Trinajstić information content (AvgIpc) is 2.77. The average molecular weight is 518 g/mol. The largest absolute Gasteiger partial charge is 0.444 e. The van der Waals surface area contributed by atoms with Crippen LogP contribution in [-0.4, -0.2) is 47.0 Å². The zero-order chi connectivity index (χ0) is 28.2. The summed E-state index contributed by atoms with van der Waals surface area (Å²) in [5.74, 6) is -0.692. The molecular formula is C30H51N3O4. The number of aryl methyl sites for hydroxylation is 1. The molecule has 0 bridgehead atoms. The van der Waals surface area contributed by atoms with Gasteiger partial charge in [0.1, 0.15) is 17.7 Å². The fourth-order valence-electron chi connectivity index (χ4n) is 4.26. The Balaban J connectivity index is 3.40. The fraction of sp³-hybridized carbons (Fsp3) is 0.700. The van der Waals surface area contributed by atoms with Crippen molar-refractivity contribution in [3.8, 4) is 0 Å². The smallest absolute Gasteiger partial charge is 0.408 e. The molecule has 0 saturated carbocycles. The molecule has 7 heteroatoms. The van der Waals surface area contributed by atoms with Crippen LogP contribution in [0.4, 0.5) is 4.79 Å². The van der Waals surface area contributed by atoms with E-state index >= 15 is 0 Å². The number of benzene rings is 1. The first-order chi connectivity index (χ1) is 17.3.